The quantitative estimate of drug-likeness (QED) is 0.660. The minimum atomic E-state index is -0.640. The number of aliphatic hydroxyl groups is 1. The molecule has 1 aliphatic rings. The Morgan fingerprint density at radius 1 is 1.23 bits per heavy atom. The first-order chi connectivity index (χ1) is 6.29. The van der Waals surface area contributed by atoms with Crippen molar-refractivity contribution in [3.8, 4) is 0 Å². The maximum atomic E-state index is 10.8. The number of aliphatic hydroxyl groups excluding tert-OH is 1. The van der Waals surface area contributed by atoms with E-state index in [1.807, 2.05) is 30.3 Å². The van der Waals surface area contributed by atoms with Crippen LogP contribution in [0.1, 0.15) is 5.56 Å². The van der Waals surface area contributed by atoms with Crippen molar-refractivity contribution in [3.63, 3.8) is 0 Å². The van der Waals surface area contributed by atoms with Gasteiger partial charge in [0.2, 0.25) is 5.76 Å². The number of esters is 1. The van der Waals surface area contributed by atoms with Gasteiger partial charge in [-0.3, -0.25) is 0 Å². The summed E-state index contributed by atoms with van der Waals surface area (Å²) in [6, 6.07) is 9.22. The molecule has 0 unspecified atom stereocenters. The van der Waals surface area contributed by atoms with Crippen LogP contribution in [0.25, 0.3) is 5.57 Å². The molecule has 0 aromatic heterocycles. The summed E-state index contributed by atoms with van der Waals surface area (Å²) in [6.07, 6.45) is 0. The van der Waals surface area contributed by atoms with Gasteiger partial charge in [-0.1, -0.05) is 30.3 Å². The van der Waals surface area contributed by atoms with Gasteiger partial charge in [-0.15, -0.1) is 0 Å². The van der Waals surface area contributed by atoms with Crippen LogP contribution in [0.2, 0.25) is 0 Å². The van der Waals surface area contributed by atoms with Crippen LogP contribution in [0, 0.1) is 0 Å². The maximum Gasteiger partial charge on any atom is 0.374 e. The highest BCUT2D eigenvalue weighted by atomic mass is 16.6. The zero-order valence-electron chi connectivity index (χ0n) is 6.86. The zero-order valence-corrected chi connectivity index (χ0v) is 6.86. The molecule has 3 heteroatoms. The van der Waals surface area contributed by atoms with Gasteiger partial charge in [-0.05, 0) is 5.56 Å². The second-order valence-electron chi connectivity index (χ2n) is 2.77. The lowest BCUT2D eigenvalue weighted by Crippen LogP contribution is -1.97. The molecule has 0 aliphatic carbocycles. The molecule has 0 fully saturated rings. The van der Waals surface area contributed by atoms with E-state index < -0.39 is 5.97 Å². The minimum absolute atomic E-state index is 0.161. The Hall–Kier alpha value is -1.77. The number of cyclic esters (lactones) is 1. The Morgan fingerprint density at radius 2 is 1.92 bits per heavy atom. The summed E-state index contributed by atoms with van der Waals surface area (Å²) in [5.74, 6) is -0.912. The third-order valence-electron chi connectivity index (χ3n) is 1.95. The van der Waals surface area contributed by atoms with Gasteiger partial charge in [0.25, 0.3) is 0 Å². The fraction of sp³-hybridized carbons (Fsp3) is 0.100. The van der Waals surface area contributed by atoms with Crippen molar-refractivity contribution in [1.82, 2.24) is 0 Å². The van der Waals surface area contributed by atoms with Gasteiger partial charge in [0, 0.05) is 5.57 Å². The highest BCUT2D eigenvalue weighted by molar-refractivity contribution is 5.99. The molecule has 1 aromatic rings. The summed E-state index contributed by atoms with van der Waals surface area (Å²) in [6.45, 7) is 0.161. The second kappa shape index (κ2) is 2.94. The van der Waals surface area contributed by atoms with E-state index in [1.165, 1.54) is 0 Å². The molecular formula is C10H8O3. The SMILES string of the molecule is O=C1OCC(c2ccccc2)=C1O. The molecule has 1 aliphatic heterocycles. The first kappa shape index (κ1) is 7.86. The van der Waals surface area contributed by atoms with Crippen LogP contribution in [0.5, 0.6) is 0 Å². The van der Waals surface area contributed by atoms with E-state index in [1.54, 1.807) is 0 Å². The van der Waals surface area contributed by atoms with E-state index in [0.717, 1.165) is 5.56 Å². The molecule has 0 saturated carbocycles. The molecule has 2 rings (SSSR count). The predicted molar refractivity (Wildman–Crippen MR) is 46.9 cm³/mol. The van der Waals surface area contributed by atoms with Crippen molar-refractivity contribution in [2.75, 3.05) is 6.61 Å². The summed E-state index contributed by atoms with van der Waals surface area (Å²) < 4.78 is 4.67. The summed E-state index contributed by atoms with van der Waals surface area (Å²) in [7, 11) is 0. The smallest absolute Gasteiger partial charge is 0.374 e. The lowest BCUT2D eigenvalue weighted by molar-refractivity contribution is -0.138. The summed E-state index contributed by atoms with van der Waals surface area (Å²) in [5.41, 5.74) is 1.39. The third-order valence-corrected chi connectivity index (χ3v) is 1.95. The van der Waals surface area contributed by atoms with Crippen LogP contribution in [0.4, 0.5) is 0 Å². The molecule has 66 valence electrons. The first-order valence-electron chi connectivity index (χ1n) is 3.93. The van der Waals surface area contributed by atoms with Crippen LogP contribution in [-0.4, -0.2) is 17.7 Å². The van der Waals surface area contributed by atoms with Crippen LogP contribution in [-0.2, 0) is 9.53 Å². The van der Waals surface area contributed by atoms with Gasteiger partial charge in [0.1, 0.15) is 6.61 Å². The number of benzene rings is 1. The Kier molecular flexibility index (Phi) is 1.77. The number of hydrogen-bond donors (Lipinski definition) is 1. The van der Waals surface area contributed by atoms with Crippen LogP contribution < -0.4 is 0 Å². The van der Waals surface area contributed by atoms with Gasteiger partial charge in [-0.25, -0.2) is 4.79 Å². The molecule has 0 radical (unpaired) electrons. The van der Waals surface area contributed by atoms with Crippen LogP contribution in [0.3, 0.4) is 0 Å². The van der Waals surface area contributed by atoms with Crippen LogP contribution >= 0.6 is 0 Å². The highest BCUT2D eigenvalue weighted by Crippen LogP contribution is 2.23. The van der Waals surface area contributed by atoms with Crippen molar-refractivity contribution in [3.05, 3.63) is 41.7 Å². The fourth-order valence-corrected chi connectivity index (χ4v) is 1.26. The standard InChI is InChI=1S/C10H8O3/c11-9-8(6-13-10(9)12)7-4-2-1-3-5-7/h1-5,11H,6H2. The van der Waals surface area contributed by atoms with Crippen molar-refractivity contribution in [2.45, 2.75) is 0 Å². The van der Waals surface area contributed by atoms with E-state index in [0.29, 0.717) is 5.57 Å². The van der Waals surface area contributed by atoms with E-state index in [2.05, 4.69) is 4.74 Å². The van der Waals surface area contributed by atoms with Crippen molar-refractivity contribution < 1.29 is 14.6 Å². The van der Waals surface area contributed by atoms with E-state index in [-0.39, 0.29) is 12.4 Å². The molecule has 0 atom stereocenters. The maximum absolute atomic E-state index is 10.8. The molecule has 3 nitrogen and oxygen atoms in total. The molecule has 13 heavy (non-hydrogen) atoms. The normalized spacial score (nSPS) is 16.2. The lowest BCUT2D eigenvalue weighted by atomic mass is 10.1. The monoisotopic (exact) mass is 176 g/mol. The van der Waals surface area contributed by atoms with E-state index in [4.69, 9.17) is 0 Å². The van der Waals surface area contributed by atoms with Gasteiger partial charge in [0.15, 0.2) is 0 Å². The largest absolute Gasteiger partial charge is 0.502 e. The van der Waals surface area contributed by atoms with Gasteiger partial charge in [0.05, 0.1) is 0 Å². The molecule has 0 amide bonds. The first-order valence-corrected chi connectivity index (χ1v) is 3.93. The third kappa shape index (κ3) is 1.28. The Morgan fingerprint density at radius 3 is 2.46 bits per heavy atom. The van der Waals surface area contributed by atoms with Gasteiger partial charge < -0.3 is 9.84 Å². The van der Waals surface area contributed by atoms with Crippen molar-refractivity contribution in [2.24, 2.45) is 0 Å². The van der Waals surface area contributed by atoms with Crippen molar-refractivity contribution >= 4 is 11.5 Å². The summed E-state index contributed by atoms with van der Waals surface area (Å²) in [5, 5.41) is 9.32. The molecule has 0 spiro atoms. The van der Waals surface area contributed by atoms with Gasteiger partial charge in [-0.2, -0.15) is 0 Å². The summed E-state index contributed by atoms with van der Waals surface area (Å²) in [4.78, 5) is 10.8. The number of carbonyl (C=O) groups is 1. The lowest BCUT2D eigenvalue weighted by Gasteiger charge is -1.98. The highest BCUT2D eigenvalue weighted by Gasteiger charge is 2.24. The molecule has 0 bridgehead atoms. The molecule has 1 N–H and O–H groups in total. The minimum Gasteiger partial charge on any atom is -0.502 e. The van der Waals surface area contributed by atoms with E-state index in [9.17, 15) is 9.90 Å². The fourth-order valence-electron chi connectivity index (χ4n) is 1.26. The van der Waals surface area contributed by atoms with Gasteiger partial charge >= 0.3 is 5.97 Å². The number of ether oxygens (including phenoxy) is 1. The average molecular weight is 176 g/mol. The second-order valence-corrected chi connectivity index (χ2v) is 2.77. The molecule has 0 saturated heterocycles. The number of rotatable bonds is 1. The Labute approximate surface area is 75.3 Å². The van der Waals surface area contributed by atoms with E-state index >= 15 is 0 Å². The van der Waals surface area contributed by atoms with Crippen molar-refractivity contribution in [1.29, 1.82) is 0 Å². The number of hydrogen-bond acceptors (Lipinski definition) is 3. The Bertz CT molecular complexity index is 365. The average Bonchev–Trinajstić information content (AvgIpc) is 2.49. The van der Waals surface area contributed by atoms with Crippen LogP contribution in [0.15, 0.2) is 36.1 Å². The molecular weight excluding hydrogens is 168 g/mol. The topological polar surface area (TPSA) is 46.5 Å². The zero-order chi connectivity index (χ0) is 9.26. The molecule has 1 aromatic carbocycles. The summed E-state index contributed by atoms with van der Waals surface area (Å²) >= 11 is 0. The molecule has 1 heterocycles. The number of carbonyl (C=O) groups excluding carboxylic acids is 1. The predicted octanol–water partition coefficient (Wildman–Crippen LogP) is 1.51. The Balaban J connectivity index is 2.43.